The average Bonchev–Trinajstić information content (AvgIpc) is 3.20. The lowest BCUT2D eigenvalue weighted by Crippen LogP contribution is -2.39. The van der Waals surface area contributed by atoms with Crippen molar-refractivity contribution in [2.24, 2.45) is 4.99 Å². The molecule has 7 heteroatoms. The van der Waals surface area contributed by atoms with Crippen LogP contribution in [0.3, 0.4) is 0 Å². The minimum atomic E-state index is 0. The largest absolute Gasteiger partial charge is 0.357 e. The lowest BCUT2D eigenvalue weighted by molar-refractivity contribution is -0.116. The summed E-state index contributed by atoms with van der Waals surface area (Å²) in [6, 6.07) is 12.1. The molecule has 1 atom stereocenters. The van der Waals surface area contributed by atoms with Gasteiger partial charge in [-0.3, -0.25) is 4.79 Å². The van der Waals surface area contributed by atoms with Crippen LogP contribution in [0.15, 0.2) is 46.8 Å². The van der Waals surface area contributed by atoms with Gasteiger partial charge in [-0.15, -0.1) is 35.3 Å². The summed E-state index contributed by atoms with van der Waals surface area (Å²) < 4.78 is 0. The molecule has 1 aromatic heterocycles. The van der Waals surface area contributed by atoms with E-state index in [0.717, 1.165) is 36.7 Å². The number of carbonyl (C=O) groups is 1. The summed E-state index contributed by atoms with van der Waals surface area (Å²) in [6.45, 7) is 8.53. The van der Waals surface area contributed by atoms with Crippen LogP contribution in [0.25, 0.3) is 0 Å². The highest BCUT2D eigenvalue weighted by Gasteiger charge is 2.07. The predicted octanol–water partition coefficient (Wildman–Crippen LogP) is 4.96. The smallest absolute Gasteiger partial charge is 0.224 e. The number of nitrogens with zero attached hydrogens (tertiary/aromatic N) is 1. The summed E-state index contributed by atoms with van der Waals surface area (Å²) in [5.41, 5.74) is 1.93. The normalized spacial score (nSPS) is 12.0. The summed E-state index contributed by atoms with van der Waals surface area (Å²) in [5.74, 6) is 1.32. The molecule has 3 N–H and O–H groups in total. The topological polar surface area (TPSA) is 65.5 Å². The van der Waals surface area contributed by atoms with E-state index in [1.807, 2.05) is 31.2 Å². The maximum atomic E-state index is 11.6. The van der Waals surface area contributed by atoms with E-state index in [2.05, 4.69) is 52.3 Å². The van der Waals surface area contributed by atoms with E-state index in [9.17, 15) is 4.79 Å². The van der Waals surface area contributed by atoms with Crippen LogP contribution in [0.1, 0.15) is 50.0 Å². The van der Waals surface area contributed by atoms with Gasteiger partial charge in [0.1, 0.15) is 0 Å². The van der Waals surface area contributed by atoms with Crippen molar-refractivity contribution >= 4 is 52.9 Å². The third-order valence-electron chi connectivity index (χ3n) is 4.08. The van der Waals surface area contributed by atoms with Crippen LogP contribution in [0, 0.1) is 0 Å². The van der Waals surface area contributed by atoms with Crippen molar-refractivity contribution < 1.29 is 4.79 Å². The number of carbonyl (C=O) groups excluding carboxylic acids is 1. The first kappa shape index (κ1) is 24.4. The molecule has 0 radical (unpaired) electrons. The average molecular weight is 514 g/mol. The van der Waals surface area contributed by atoms with Crippen molar-refractivity contribution in [3.05, 3.63) is 52.2 Å². The van der Waals surface area contributed by atoms with E-state index in [4.69, 9.17) is 0 Å². The Labute approximate surface area is 189 Å². The van der Waals surface area contributed by atoms with Gasteiger partial charge >= 0.3 is 0 Å². The predicted molar refractivity (Wildman–Crippen MR) is 131 cm³/mol. The maximum absolute atomic E-state index is 11.6. The number of nitrogens with one attached hydrogen (secondary N) is 3. The first-order valence-electron chi connectivity index (χ1n) is 9.56. The van der Waals surface area contributed by atoms with Crippen molar-refractivity contribution in [3.63, 3.8) is 0 Å². The second kappa shape index (κ2) is 13.5. The van der Waals surface area contributed by atoms with Crippen molar-refractivity contribution in [2.75, 3.05) is 18.4 Å². The van der Waals surface area contributed by atoms with Gasteiger partial charge in [-0.2, -0.15) is 0 Å². The van der Waals surface area contributed by atoms with Crippen LogP contribution < -0.4 is 16.0 Å². The first-order chi connectivity index (χ1) is 13.1. The van der Waals surface area contributed by atoms with Crippen LogP contribution >= 0.6 is 35.3 Å². The number of thiophene rings is 1. The Bertz CT molecular complexity index is 717. The van der Waals surface area contributed by atoms with Crippen LogP contribution in [-0.2, 0) is 11.3 Å². The fourth-order valence-corrected chi connectivity index (χ4v) is 3.37. The molecule has 1 heterocycles. The molecule has 28 heavy (non-hydrogen) atoms. The van der Waals surface area contributed by atoms with Gasteiger partial charge in [0, 0.05) is 36.0 Å². The zero-order chi connectivity index (χ0) is 19.5. The molecule has 0 aliphatic carbocycles. The number of rotatable bonds is 9. The summed E-state index contributed by atoms with van der Waals surface area (Å²) in [5, 5.41) is 11.7. The number of anilines is 1. The number of amides is 1. The highest BCUT2D eigenvalue weighted by molar-refractivity contribution is 14.0. The lowest BCUT2D eigenvalue weighted by atomic mass is 10.1. The molecule has 0 saturated heterocycles. The Balaban J connectivity index is 0.00000392. The zero-order valence-electron chi connectivity index (χ0n) is 16.8. The monoisotopic (exact) mass is 514 g/mol. The molecule has 0 bridgehead atoms. The van der Waals surface area contributed by atoms with Crippen LogP contribution in [-0.4, -0.2) is 25.0 Å². The molecule has 0 saturated carbocycles. The number of hydrogen-bond acceptors (Lipinski definition) is 3. The summed E-state index contributed by atoms with van der Waals surface area (Å²) in [7, 11) is 0. The Morgan fingerprint density at radius 3 is 2.50 bits per heavy atom. The first-order valence-corrected chi connectivity index (χ1v) is 10.4. The maximum Gasteiger partial charge on any atom is 0.224 e. The molecule has 1 unspecified atom stereocenters. The van der Waals surface area contributed by atoms with Crippen LogP contribution in [0.5, 0.6) is 0 Å². The summed E-state index contributed by atoms with van der Waals surface area (Å²) in [4.78, 5) is 17.7. The van der Waals surface area contributed by atoms with E-state index in [1.54, 1.807) is 11.3 Å². The molecule has 2 aromatic rings. The summed E-state index contributed by atoms with van der Waals surface area (Å²) >= 11 is 1.78. The minimum Gasteiger partial charge on any atom is -0.357 e. The van der Waals surface area contributed by atoms with E-state index in [0.29, 0.717) is 18.9 Å². The second-order valence-corrected chi connectivity index (χ2v) is 7.47. The molecule has 0 aliphatic heterocycles. The zero-order valence-corrected chi connectivity index (χ0v) is 20.0. The highest BCUT2D eigenvalue weighted by atomic mass is 127. The Kier molecular flexibility index (Phi) is 11.8. The molecule has 5 nitrogen and oxygen atoms in total. The number of aliphatic imine (C=N–C) groups is 1. The third kappa shape index (κ3) is 8.60. The summed E-state index contributed by atoms with van der Waals surface area (Å²) in [6.07, 6.45) is 1.40. The SMILES string of the molecule is CCCC(=O)Nc1ccc(CN=C(NCC)NCC(C)c2cccs2)cc1.I. The van der Waals surface area contributed by atoms with E-state index >= 15 is 0 Å². The van der Waals surface area contributed by atoms with Gasteiger partial charge in [0.05, 0.1) is 6.54 Å². The van der Waals surface area contributed by atoms with Crippen molar-refractivity contribution in [1.29, 1.82) is 0 Å². The van der Waals surface area contributed by atoms with Crippen molar-refractivity contribution in [3.8, 4) is 0 Å². The quantitative estimate of drug-likeness (QED) is 0.252. The molecule has 0 aliphatic rings. The molecule has 2 rings (SSSR count). The van der Waals surface area contributed by atoms with Crippen molar-refractivity contribution in [2.45, 2.75) is 46.1 Å². The molecular weight excluding hydrogens is 483 g/mol. The number of guanidine groups is 1. The molecular formula is C21H31IN4OS. The van der Waals surface area contributed by atoms with Gasteiger partial charge in [0.15, 0.2) is 5.96 Å². The van der Waals surface area contributed by atoms with Gasteiger partial charge < -0.3 is 16.0 Å². The molecule has 0 spiro atoms. The number of hydrogen-bond donors (Lipinski definition) is 3. The second-order valence-electron chi connectivity index (χ2n) is 6.49. The van der Waals surface area contributed by atoms with Gasteiger partial charge in [-0.05, 0) is 42.5 Å². The third-order valence-corrected chi connectivity index (χ3v) is 5.19. The van der Waals surface area contributed by atoms with Crippen molar-refractivity contribution in [1.82, 2.24) is 10.6 Å². The van der Waals surface area contributed by atoms with E-state index in [1.165, 1.54) is 4.88 Å². The van der Waals surface area contributed by atoms with Crippen LogP contribution in [0.4, 0.5) is 5.69 Å². The van der Waals surface area contributed by atoms with Gasteiger partial charge in [0.25, 0.3) is 0 Å². The fraction of sp³-hybridized carbons (Fsp3) is 0.429. The Morgan fingerprint density at radius 2 is 1.89 bits per heavy atom. The van der Waals surface area contributed by atoms with Gasteiger partial charge in [0.2, 0.25) is 5.91 Å². The Hall–Kier alpha value is -1.61. The van der Waals surface area contributed by atoms with E-state index in [-0.39, 0.29) is 29.9 Å². The van der Waals surface area contributed by atoms with E-state index < -0.39 is 0 Å². The highest BCUT2D eigenvalue weighted by Crippen LogP contribution is 2.19. The van der Waals surface area contributed by atoms with Gasteiger partial charge in [-0.25, -0.2) is 4.99 Å². The molecule has 1 aromatic carbocycles. The molecule has 0 fully saturated rings. The Morgan fingerprint density at radius 1 is 1.14 bits per heavy atom. The van der Waals surface area contributed by atoms with Gasteiger partial charge in [-0.1, -0.05) is 32.0 Å². The minimum absolute atomic E-state index is 0. The lowest BCUT2D eigenvalue weighted by Gasteiger charge is -2.15. The van der Waals surface area contributed by atoms with Crippen LogP contribution in [0.2, 0.25) is 0 Å². The standard InChI is InChI=1S/C21H30N4OS.HI/c1-4-7-20(26)25-18-11-9-17(10-12-18)15-24-21(22-5-2)23-14-16(3)19-8-6-13-27-19;/h6,8-13,16H,4-5,7,14-15H2,1-3H3,(H,25,26)(H2,22,23,24);1H. The fourth-order valence-electron chi connectivity index (χ4n) is 2.58. The number of benzene rings is 1. The molecule has 1 amide bonds. The molecule has 154 valence electrons. The number of halogens is 1.